The lowest BCUT2D eigenvalue weighted by Gasteiger charge is -2.05. The maximum absolute atomic E-state index is 6.12. The second-order valence-electron chi connectivity index (χ2n) is 4.77. The Hall–Kier alpha value is -0.240. The lowest BCUT2D eigenvalue weighted by atomic mass is 10.1. The molecule has 0 heterocycles. The van der Waals surface area contributed by atoms with Gasteiger partial charge in [-0.1, -0.05) is 29.6 Å². The van der Waals surface area contributed by atoms with Gasteiger partial charge in [-0.05, 0) is 62.4 Å². The Balaban J connectivity index is 1.61. The van der Waals surface area contributed by atoms with Crippen LogP contribution in [-0.2, 0) is 6.42 Å². The van der Waals surface area contributed by atoms with Gasteiger partial charge in [0.15, 0.2) is 0 Å². The summed E-state index contributed by atoms with van der Waals surface area (Å²) in [5.41, 5.74) is 1.18. The highest BCUT2D eigenvalue weighted by molar-refractivity contribution is 6.33. The van der Waals surface area contributed by atoms with Gasteiger partial charge in [0, 0.05) is 16.1 Å². The Kier molecular flexibility index (Phi) is 5.15. The minimum absolute atomic E-state index is 0.778. The molecule has 1 aromatic carbocycles. The first-order chi connectivity index (χ1) is 8.25. The van der Waals surface area contributed by atoms with Gasteiger partial charge in [-0.25, -0.2) is 0 Å². The van der Waals surface area contributed by atoms with Crippen LogP contribution in [0.4, 0.5) is 0 Å². The summed E-state index contributed by atoms with van der Waals surface area (Å²) >= 11 is 12.1. The molecule has 0 aromatic heterocycles. The fraction of sp³-hybridized carbons (Fsp3) is 0.571. The lowest BCUT2D eigenvalue weighted by Crippen LogP contribution is -2.17. The molecule has 0 amide bonds. The van der Waals surface area contributed by atoms with Crippen molar-refractivity contribution in [3.05, 3.63) is 33.8 Å². The van der Waals surface area contributed by atoms with E-state index in [1.54, 1.807) is 0 Å². The Morgan fingerprint density at radius 1 is 1.12 bits per heavy atom. The summed E-state index contributed by atoms with van der Waals surface area (Å²) in [5.74, 6) is 0. The number of aryl methyl sites for hydroxylation is 1. The average molecular weight is 272 g/mol. The number of nitrogens with one attached hydrogen (secondary N) is 1. The van der Waals surface area contributed by atoms with Crippen LogP contribution in [0.15, 0.2) is 18.2 Å². The molecular weight excluding hydrogens is 253 g/mol. The molecule has 94 valence electrons. The van der Waals surface area contributed by atoms with Gasteiger partial charge >= 0.3 is 0 Å². The van der Waals surface area contributed by atoms with Crippen molar-refractivity contribution in [1.29, 1.82) is 0 Å². The van der Waals surface area contributed by atoms with Gasteiger partial charge in [-0.15, -0.1) is 0 Å². The van der Waals surface area contributed by atoms with Crippen LogP contribution in [0.5, 0.6) is 0 Å². The molecule has 0 bridgehead atoms. The number of unbranched alkanes of at least 4 members (excludes halogenated alkanes) is 2. The highest BCUT2D eigenvalue weighted by Crippen LogP contribution is 2.22. The third kappa shape index (κ3) is 4.87. The molecule has 1 saturated carbocycles. The van der Waals surface area contributed by atoms with E-state index in [1.165, 1.54) is 37.7 Å². The Morgan fingerprint density at radius 2 is 1.94 bits per heavy atom. The van der Waals surface area contributed by atoms with E-state index in [9.17, 15) is 0 Å². The van der Waals surface area contributed by atoms with Crippen molar-refractivity contribution >= 4 is 23.2 Å². The van der Waals surface area contributed by atoms with Gasteiger partial charge < -0.3 is 5.32 Å². The first-order valence-electron chi connectivity index (χ1n) is 6.43. The third-order valence-corrected chi connectivity index (χ3v) is 3.74. The van der Waals surface area contributed by atoms with Gasteiger partial charge in [0.2, 0.25) is 0 Å². The van der Waals surface area contributed by atoms with E-state index in [1.807, 2.05) is 18.2 Å². The molecule has 0 saturated heterocycles. The number of rotatable bonds is 7. The number of benzene rings is 1. The highest BCUT2D eigenvalue weighted by Gasteiger charge is 2.19. The molecule has 3 heteroatoms. The second-order valence-corrected chi connectivity index (χ2v) is 5.62. The fourth-order valence-corrected chi connectivity index (χ4v) is 2.35. The molecule has 2 rings (SSSR count). The predicted octanol–water partition coefficient (Wildman–Crippen LogP) is 4.46. The largest absolute Gasteiger partial charge is 0.314 e. The number of hydrogen-bond acceptors (Lipinski definition) is 1. The molecule has 0 aliphatic heterocycles. The summed E-state index contributed by atoms with van der Waals surface area (Å²) in [4.78, 5) is 0. The van der Waals surface area contributed by atoms with E-state index in [-0.39, 0.29) is 0 Å². The Morgan fingerprint density at radius 3 is 2.71 bits per heavy atom. The van der Waals surface area contributed by atoms with E-state index >= 15 is 0 Å². The van der Waals surface area contributed by atoms with Crippen molar-refractivity contribution in [3.63, 3.8) is 0 Å². The van der Waals surface area contributed by atoms with Crippen molar-refractivity contribution in [2.24, 2.45) is 0 Å². The van der Waals surface area contributed by atoms with Crippen LogP contribution in [0.25, 0.3) is 0 Å². The lowest BCUT2D eigenvalue weighted by molar-refractivity contribution is 0.600. The summed E-state index contributed by atoms with van der Waals surface area (Å²) in [5, 5.41) is 5.14. The van der Waals surface area contributed by atoms with E-state index < -0.39 is 0 Å². The van der Waals surface area contributed by atoms with Gasteiger partial charge in [0.1, 0.15) is 0 Å². The topological polar surface area (TPSA) is 12.0 Å². The Bertz CT molecular complexity index is 361. The summed E-state index contributed by atoms with van der Waals surface area (Å²) < 4.78 is 0. The van der Waals surface area contributed by atoms with Crippen LogP contribution in [-0.4, -0.2) is 12.6 Å². The quantitative estimate of drug-likeness (QED) is 0.723. The van der Waals surface area contributed by atoms with E-state index in [2.05, 4.69) is 5.32 Å². The first kappa shape index (κ1) is 13.2. The maximum Gasteiger partial charge on any atom is 0.0439 e. The van der Waals surface area contributed by atoms with Gasteiger partial charge in [0.05, 0.1) is 0 Å². The maximum atomic E-state index is 6.12. The fourth-order valence-electron chi connectivity index (χ4n) is 1.95. The van der Waals surface area contributed by atoms with Crippen molar-refractivity contribution in [2.75, 3.05) is 6.54 Å². The number of halogens is 2. The molecule has 0 spiro atoms. The number of hydrogen-bond donors (Lipinski definition) is 1. The van der Waals surface area contributed by atoms with Crippen LogP contribution in [0.2, 0.25) is 10.0 Å². The van der Waals surface area contributed by atoms with E-state index in [0.717, 1.165) is 29.1 Å². The normalized spacial score (nSPS) is 15.2. The van der Waals surface area contributed by atoms with Crippen molar-refractivity contribution in [2.45, 2.75) is 44.6 Å². The molecule has 0 radical (unpaired) electrons. The van der Waals surface area contributed by atoms with Crippen molar-refractivity contribution < 1.29 is 0 Å². The van der Waals surface area contributed by atoms with Crippen molar-refractivity contribution in [1.82, 2.24) is 5.32 Å². The monoisotopic (exact) mass is 271 g/mol. The highest BCUT2D eigenvalue weighted by atomic mass is 35.5. The molecular formula is C14H19Cl2N. The minimum Gasteiger partial charge on any atom is -0.314 e. The molecule has 0 atom stereocenters. The van der Waals surface area contributed by atoms with Gasteiger partial charge in [0.25, 0.3) is 0 Å². The summed E-state index contributed by atoms with van der Waals surface area (Å²) in [7, 11) is 0. The molecule has 1 aliphatic carbocycles. The smallest absolute Gasteiger partial charge is 0.0439 e. The zero-order chi connectivity index (χ0) is 12.1. The summed E-state index contributed by atoms with van der Waals surface area (Å²) in [6.45, 7) is 1.16. The van der Waals surface area contributed by atoms with E-state index in [4.69, 9.17) is 23.2 Å². The zero-order valence-electron chi connectivity index (χ0n) is 10.0. The van der Waals surface area contributed by atoms with Gasteiger partial charge in [-0.2, -0.15) is 0 Å². The van der Waals surface area contributed by atoms with Crippen LogP contribution in [0.1, 0.15) is 37.7 Å². The molecule has 1 nitrogen and oxygen atoms in total. The second kappa shape index (κ2) is 6.63. The standard InChI is InChI=1S/C14H19Cl2N/c15-12-5-8-14(16)11(10-12)4-2-1-3-9-17-13-6-7-13/h5,8,10,13,17H,1-4,6-7,9H2. The van der Waals surface area contributed by atoms with Gasteiger partial charge in [-0.3, -0.25) is 0 Å². The average Bonchev–Trinajstić information content (AvgIpc) is 3.11. The molecule has 1 fully saturated rings. The first-order valence-corrected chi connectivity index (χ1v) is 7.18. The molecule has 17 heavy (non-hydrogen) atoms. The molecule has 1 aromatic rings. The zero-order valence-corrected chi connectivity index (χ0v) is 11.5. The summed E-state index contributed by atoms with van der Waals surface area (Å²) in [6, 6.07) is 6.53. The molecule has 1 aliphatic rings. The van der Waals surface area contributed by atoms with Crippen molar-refractivity contribution in [3.8, 4) is 0 Å². The third-order valence-electron chi connectivity index (χ3n) is 3.14. The minimum atomic E-state index is 0.778. The van der Waals surface area contributed by atoms with E-state index in [0.29, 0.717) is 0 Å². The summed E-state index contributed by atoms with van der Waals surface area (Å²) in [6.07, 6.45) is 7.47. The van der Waals surface area contributed by atoms with Crippen LogP contribution < -0.4 is 5.32 Å². The van der Waals surface area contributed by atoms with Crippen LogP contribution in [0.3, 0.4) is 0 Å². The van der Waals surface area contributed by atoms with Crippen LogP contribution >= 0.6 is 23.2 Å². The molecule has 1 N–H and O–H groups in total. The predicted molar refractivity (Wildman–Crippen MR) is 75.0 cm³/mol. The Labute approximate surface area is 114 Å². The SMILES string of the molecule is Clc1ccc(Cl)c(CCCCCNC2CC2)c1. The van der Waals surface area contributed by atoms with Crippen LogP contribution in [0, 0.1) is 0 Å². The molecule has 0 unspecified atom stereocenters.